The molecule has 10 heteroatoms. The van der Waals surface area contributed by atoms with E-state index in [0.717, 1.165) is 18.5 Å². The van der Waals surface area contributed by atoms with E-state index in [1.165, 1.54) is 13.2 Å². The molecule has 0 atom stereocenters. The van der Waals surface area contributed by atoms with Crippen molar-refractivity contribution in [3.8, 4) is 17.2 Å². The molecule has 0 bridgehead atoms. The summed E-state index contributed by atoms with van der Waals surface area (Å²) >= 11 is 5.65. The number of barbiturate groups is 1. The molecule has 37 heavy (non-hydrogen) atoms. The molecule has 190 valence electrons. The van der Waals surface area contributed by atoms with Crippen LogP contribution in [0.4, 0.5) is 10.5 Å². The van der Waals surface area contributed by atoms with Crippen molar-refractivity contribution in [1.29, 1.82) is 0 Å². The third-order valence-corrected chi connectivity index (χ3v) is 6.98. The number of halogens is 2. The van der Waals surface area contributed by atoms with Crippen molar-refractivity contribution in [3.05, 3.63) is 85.4 Å². The van der Waals surface area contributed by atoms with Crippen LogP contribution in [0.5, 0.6) is 17.2 Å². The minimum atomic E-state index is -0.822. The van der Waals surface area contributed by atoms with Gasteiger partial charge in [0.15, 0.2) is 11.5 Å². The predicted molar refractivity (Wildman–Crippen MR) is 151 cm³/mol. The molecule has 0 aromatic heterocycles. The maximum absolute atomic E-state index is 13.2. The molecule has 1 aliphatic rings. The van der Waals surface area contributed by atoms with E-state index in [9.17, 15) is 14.4 Å². The van der Waals surface area contributed by atoms with Crippen LogP contribution >= 0.6 is 38.5 Å². The topological polar surface area (TPSA) is 94.2 Å². The molecular formula is C27H22BrIN2O6. The van der Waals surface area contributed by atoms with Gasteiger partial charge in [0.2, 0.25) is 0 Å². The van der Waals surface area contributed by atoms with Gasteiger partial charge in [0.25, 0.3) is 11.8 Å². The van der Waals surface area contributed by atoms with Crippen LogP contribution in [0.1, 0.15) is 18.1 Å². The van der Waals surface area contributed by atoms with Gasteiger partial charge < -0.3 is 14.2 Å². The summed E-state index contributed by atoms with van der Waals surface area (Å²) in [6, 6.07) is 16.8. The first-order chi connectivity index (χ1) is 17.8. The predicted octanol–water partition coefficient (Wildman–Crippen LogP) is 5.71. The minimum absolute atomic E-state index is 0.185. The van der Waals surface area contributed by atoms with Crippen LogP contribution in [-0.4, -0.2) is 31.6 Å². The zero-order valence-corrected chi connectivity index (χ0v) is 23.7. The standard InChI is InChI=1S/C27H22BrIN2O6/c1-3-36-23-14-16(13-22(29)24(23)37-15-17-6-4-5-7-21(17)28)12-20-25(32)30-27(34)31(26(20)33)18-8-10-19(35-2)11-9-18/h4-14H,3,15H2,1-2H3,(H,30,32,34)/b20-12+. The molecule has 1 heterocycles. The Kier molecular flexibility index (Phi) is 8.49. The maximum Gasteiger partial charge on any atom is 0.335 e. The van der Waals surface area contributed by atoms with Gasteiger partial charge in [0.05, 0.1) is 23.0 Å². The van der Waals surface area contributed by atoms with Gasteiger partial charge in [-0.15, -0.1) is 0 Å². The fourth-order valence-corrected chi connectivity index (χ4v) is 4.81. The summed E-state index contributed by atoms with van der Waals surface area (Å²) in [5.74, 6) is 0.0819. The van der Waals surface area contributed by atoms with E-state index < -0.39 is 17.8 Å². The number of anilines is 1. The highest BCUT2D eigenvalue weighted by Crippen LogP contribution is 2.36. The fourth-order valence-electron chi connectivity index (χ4n) is 3.63. The van der Waals surface area contributed by atoms with E-state index in [1.807, 2.05) is 31.2 Å². The summed E-state index contributed by atoms with van der Waals surface area (Å²) in [6.07, 6.45) is 1.43. The molecule has 4 amide bonds. The molecule has 1 fully saturated rings. The number of hydrogen-bond acceptors (Lipinski definition) is 6. The average molecular weight is 677 g/mol. The summed E-state index contributed by atoms with van der Waals surface area (Å²) in [7, 11) is 1.52. The van der Waals surface area contributed by atoms with Crippen LogP contribution in [0.2, 0.25) is 0 Å². The van der Waals surface area contributed by atoms with Crippen molar-refractivity contribution < 1.29 is 28.6 Å². The number of carbonyl (C=O) groups excluding carboxylic acids is 3. The second-order valence-electron chi connectivity index (χ2n) is 7.80. The van der Waals surface area contributed by atoms with Gasteiger partial charge in [0, 0.05) is 10.0 Å². The molecule has 1 N–H and O–H groups in total. The van der Waals surface area contributed by atoms with E-state index in [0.29, 0.717) is 41.7 Å². The second-order valence-corrected chi connectivity index (χ2v) is 9.82. The van der Waals surface area contributed by atoms with Crippen LogP contribution in [0.15, 0.2) is 70.7 Å². The molecule has 3 aromatic carbocycles. The number of methoxy groups -OCH3 is 1. The number of benzene rings is 3. The van der Waals surface area contributed by atoms with Crippen molar-refractivity contribution in [1.82, 2.24) is 5.32 Å². The van der Waals surface area contributed by atoms with Crippen LogP contribution in [0.25, 0.3) is 6.08 Å². The lowest BCUT2D eigenvalue weighted by atomic mass is 10.1. The van der Waals surface area contributed by atoms with Crippen molar-refractivity contribution >= 4 is 68.1 Å². The third kappa shape index (κ3) is 5.96. The average Bonchev–Trinajstić information content (AvgIpc) is 2.87. The molecule has 1 saturated heterocycles. The first kappa shape index (κ1) is 26.7. The molecule has 0 unspecified atom stereocenters. The first-order valence-corrected chi connectivity index (χ1v) is 13.1. The Morgan fingerprint density at radius 3 is 2.43 bits per heavy atom. The first-order valence-electron chi connectivity index (χ1n) is 11.2. The largest absolute Gasteiger partial charge is 0.497 e. The maximum atomic E-state index is 13.2. The zero-order valence-electron chi connectivity index (χ0n) is 19.9. The number of urea groups is 1. The summed E-state index contributed by atoms with van der Waals surface area (Å²) in [5, 5.41) is 2.23. The number of imide groups is 2. The molecule has 0 saturated carbocycles. The second kappa shape index (κ2) is 11.8. The number of carbonyl (C=O) groups is 3. The van der Waals surface area contributed by atoms with Gasteiger partial charge in [0.1, 0.15) is 17.9 Å². The summed E-state index contributed by atoms with van der Waals surface area (Å²) in [5.41, 5.74) is 1.64. The van der Waals surface area contributed by atoms with Gasteiger partial charge in [-0.2, -0.15) is 0 Å². The summed E-state index contributed by atoms with van der Waals surface area (Å²) in [6.45, 7) is 2.56. The van der Waals surface area contributed by atoms with Crippen molar-refractivity contribution in [3.63, 3.8) is 0 Å². The van der Waals surface area contributed by atoms with Crippen molar-refractivity contribution in [2.45, 2.75) is 13.5 Å². The molecule has 1 aliphatic heterocycles. The summed E-state index contributed by atoms with van der Waals surface area (Å²) < 4.78 is 18.7. The highest BCUT2D eigenvalue weighted by atomic mass is 127. The fraction of sp³-hybridized carbons (Fsp3) is 0.148. The van der Waals surface area contributed by atoms with Crippen LogP contribution in [-0.2, 0) is 16.2 Å². The number of nitrogens with one attached hydrogen (secondary N) is 1. The number of amides is 4. The number of hydrogen-bond donors (Lipinski definition) is 1. The molecule has 3 aromatic rings. The highest BCUT2D eigenvalue weighted by Gasteiger charge is 2.37. The van der Waals surface area contributed by atoms with E-state index in [4.69, 9.17) is 14.2 Å². The molecular weight excluding hydrogens is 655 g/mol. The lowest BCUT2D eigenvalue weighted by Crippen LogP contribution is -2.54. The van der Waals surface area contributed by atoms with Crippen molar-refractivity contribution in [2.75, 3.05) is 18.6 Å². The molecule has 8 nitrogen and oxygen atoms in total. The zero-order chi connectivity index (χ0) is 26.5. The van der Waals surface area contributed by atoms with Crippen LogP contribution < -0.4 is 24.4 Å². The Balaban J connectivity index is 1.65. The van der Waals surface area contributed by atoms with E-state index >= 15 is 0 Å². The Hall–Kier alpha value is -3.38. The Bertz CT molecular complexity index is 1390. The third-order valence-electron chi connectivity index (χ3n) is 5.40. The minimum Gasteiger partial charge on any atom is -0.497 e. The number of ether oxygens (including phenoxy) is 3. The number of rotatable bonds is 8. The van der Waals surface area contributed by atoms with Gasteiger partial charge in [-0.3, -0.25) is 14.9 Å². The molecule has 4 rings (SSSR count). The van der Waals surface area contributed by atoms with Crippen LogP contribution in [0, 0.1) is 3.57 Å². The van der Waals surface area contributed by atoms with E-state index in [-0.39, 0.29) is 5.57 Å². The van der Waals surface area contributed by atoms with Gasteiger partial charge in [-0.1, -0.05) is 34.1 Å². The van der Waals surface area contributed by atoms with Gasteiger partial charge in [-0.05, 0) is 83.6 Å². The van der Waals surface area contributed by atoms with E-state index in [1.54, 1.807) is 36.4 Å². The lowest BCUT2D eigenvalue weighted by Gasteiger charge is -2.26. The summed E-state index contributed by atoms with van der Waals surface area (Å²) in [4.78, 5) is 39.3. The Morgan fingerprint density at radius 1 is 1.03 bits per heavy atom. The van der Waals surface area contributed by atoms with Crippen molar-refractivity contribution in [2.24, 2.45) is 0 Å². The molecule has 0 aliphatic carbocycles. The van der Waals surface area contributed by atoms with Gasteiger partial charge in [-0.25, -0.2) is 9.69 Å². The SMILES string of the molecule is CCOc1cc(/C=C2\C(=O)NC(=O)N(c3ccc(OC)cc3)C2=O)cc(I)c1OCc1ccccc1Br. The van der Waals surface area contributed by atoms with Crippen LogP contribution in [0.3, 0.4) is 0 Å². The Labute approximate surface area is 235 Å². The molecule has 0 spiro atoms. The lowest BCUT2D eigenvalue weighted by molar-refractivity contribution is -0.122. The highest BCUT2D eigenvalue weighted by molar-refractivity contribution is 14.1. The number of nitrogens with zero attached hydrogens (tertiary/aromatic N) is 1. The monoisotopic (exact) mass is 676 g/mol. The quantitative estimate of drug-likeness (QED) is 0.187. The van der Waals surface area contributed by atoms with Gasteiger partial charge >= 0.3 is 6.03 Å². The Morgan fingerprint density at radius 2 is 1.76 bits per heavy atom. The molecule has 0 radical (unpaired) electrons. The normalized spacial score (nSPS) is 14.5. The van der Waals surface area contributed by atoms with E-state index in [2.05, 4.69) is 43.8 Å². The smallest absolute Gasteiger partial charge is 0.335 e.